The van der Waals surface area contributed by atoms with Crippen LogP contribution in [0.2, 0.25) is 0 Å². The van der Waals surface area contributed by atoms with Crippen LogP contribution in [0.15, 0.2) is 151 Å². The van der Waals surface area contributed by atoms with Gasteiger partial charge in [0.15, 0.2) is 0 Å². The first kappa shape index (κ1) is 25.4. The molecule has 0 saturated heterocycles. The largest absolute Gasteiger partial charge is 0.269 e. The van der Waals surface area contributed by atoms with Gasteiger partial charge in [-0.15, -0.1) is 0 Å². The second kappa shape index (κ2) is 10.5. The maximum atomic E-state index is 4.38. The summed E-state index contributed by atoms with van der Waals surface area (Å²) >= 11 is 0. The maximum absolute atomic E-state index is 4.38. The van der Waals surface area contributed by atoms with E-state index in [9.17, 15) is 0 Å². The molecule has 1 heteroatoms. The Morgan fingerprint density at radius 1 is 0.535 bits per heavy atom. The summed E-state index contributed by atoms with van der Waals surface area (Å²) in [6.07, 6.45) is 7.11. The highest BCUT2D eigenvalue weighted by Crippen LogP contribution is 2.44. The molecule has 0 aliphatic carbocycles. The Morgan fingerprint density at radius 3 is 1.81 bits per heavy atom. The van der Waals surface area contributed by atoms with Gasteiger partial charge in [0.25, 0.3) is 0 Å². The average molecular weight is 550 g/mol. The van der Waals surface area contributed by atoms with Crippen molar-refractivity contribution < 1.29 is 0 Å². The van der Waals surface area contributed by atoms with Gasteiger partial charge in [0, 0.05) is 18.3 Å². The predicted molar refractivity (Wildman–Crippen MR) is 185 cm³/mol. The van der Waals surface area contributed by atoms with Gasteiger partial charge in [-0.2, -0.15) is 0 Å². The van der Waals surface area contributed by atoms with E-state index >= 15 is 0 Å². The first-order chi connectivity index (χ1) is 21.2. The fraction of sp³-hybridized carbons (Fsp3) is 0.0714. The summed E-state index contributed by atoms with van der Waals surface area (Å²) in [6, 6.07) is 49.2. The zero-order valence-corrected chi connectivity index (χ0v) is 24.2. The van der Waals surface area contributed by atoms with Crippen LogP contribution in [-0.4, -0.2) is 6.21 Å². The minimum Gasteiger partial charge on any atom is -0.269 e. The van der Waals surface area contributed by atoms with Gasteiger partial charge in [0.05, 0.1) is 0 Å². The first-order valence-electron chi connectivity index (χ1n) is 15.1. The molecule has 204 valence electrons. The number of fused-ring (bicyclic) bond motifs is 3. The highest BCUT2D eigenvalue weighted by molar-refractivity contribution is 6.21. The molecule has 7 aromatic rings. The zero-order valence-electron chi connectivity index (χ0n) is 24.2. The van der Waals surface area contributed by atoms with Crippen molar-refractivity contribution in [3.8, 4) is 33.4 Å². The van der Waals surface area contributed by atoms with Crippen LogP contribution in [0.1, 0.15) is 23.5 Å². The molecule has 43 heavy (non-hydrogen) atoms. The summed E-state index contributed by atoms with van der Waals surface area (Å²) in [5, 5.41) is 7.65. The molecule has 0 N–H and O–H groups in total. The summed E-state index contributed by atoms with van der Waals surface area (Å²) < 4.78 is 0. The van der Waals surface area contributed by atoms with Gasteiger partial charge in [-0.3, -0.25) is 4.99 Å². The van der Waals surface area contributed by atoms with Crippen molar-refractivity contribution in [2.24, 2.45) is 4.99 Å². The maximum Gasteiger partial charge on any atom is 0.0228 e. The van der Waals surface area contributed by atoms with Crippen molar-refractivity contribution in [1.29, 1.82) is 0 Å². The van der Waals surface area contributed by atoms with Crippen LogP contribution in [-0.2, 0) is 0 Å². The molecule has 0 amide bonds. The molecule has 1 unspecified atom stereocenters. The fourth-order valence-electron chi connectivity index (χ4n) is 6.88. The molecule has 0 saturated carbocycles. The lowest BCUT2D eigenvalue weighted by Gasteiger charge is -2.19. The van der Waals surface area contributed by atoms with Gasteiger partial charge in [0.2, 0.25) is 0 Å². The van der Waals surface area contributed by atoms with Crippen LogP contribution >= 0.6 is 0 Å². The van der Waals surface area contributed by atoms with Crippen LogP contribution in [0.4, 0.5) is 0 Å². The van der Waals surface area contributed by atoms with Gasteiger partial charge in [-0.05, 0) is 96.2 Å². The fourth-order valence-corrected chi connectivity index (χ4v) is 6.88. The Labute approximate surface area is 252 Å². The zero-order chi connectivity index (χ0) is 28.8. The van der Waals surface area contributed by atoms with Crippen LogP contribution < -0.4 is 0 Å². The van der Waals surface area contributed by atoms with E-state index in [1.807, 2.05) is 6.20 Å². The van der Waals surface area contributed by atoms with Gasteiger partial charge in [-0.1, -0.05) is 133 Å². The molecule has 7 aromatic carbocycles. The van der Waals surface area contributed by atoms with Crippen LogP contribution in [0.25, 0.3) is 65.7 Å². The van der Waals surface area contributed by atoms with Gasteiger partial charge in [0.1, 0.15) is 0 Å². The van der Waals surface area contributed by atoms with Crippen molar-refractivity contribution in [3.05, 3.63) is 157 Å². The van der Waals surface area contributed by atoms with Gasteiger partial charge < -0.3 is 0 Å². The lowest BCUT2D eigenvalue weighted by Crippen LogP contribution is -2.01. The Hall–Kier alpha value is -5.27. The minimum absolute atomic E-state index is 0.336. The molecule has 1 atom stereocenters. The van der Waals surface area contributed by atoms with E-state index < -0.39 is 0 Å². The molecule has 1 heterocycles. The summed E-state index contributed by atoms with van der Waals surface area (Å²) in [5.41, 5.74) is 10.2. The summed E-state index contributed by atoms with van der Waals surface area (Å²) in [7, 11) is 0. The SMILES string of the molecule is Cc1cc(-c2c3ccccc3c(-c3ccc4ccccc4c3)c3ccccc23)ccc1-c1cccc(C2C=NC=CC2)c1. The molecule has 0 bridgehead atoms. The quantitative estimate of drug-likeness (QED) is 0.194. The number of hydrogen-bond acceptors (Lipinski definition) is 1. The Bertz CT molecular complexity index is 2180. The molecule has 1 aliphatic heterocycles. The van der Waals surface area contributed by atoms with E-state index in [1.54, 1.807) is 0 Å². The third kappa shape index (κ3) is 4.45. The lowest BCUT2D eigenvalue weighted by molar-refractivity contribution is 0.909. The van der Waals surface area contributed by atoms with Crippen molar-refractivity contribution in [2.45, 2.75) is 19.3 Å². The predicted octanol–water partition coefficient (Wildman–Crippen LogP) is 11.5. The topological polar surface area (TPSA) is 12.4 Å². The second-order valence-corrected chi connectivity index (χ2v) is 11.6. The Morgan fingerprint density at radius 2 is 1.16 bits per heavy atom. The number of aryl methyl sites for hydroxylation is 1. The molecule has 0 fully saturated rings. The third-order valence-electron chi connectivity index (χ3n) is 8.96. The van der Waals surface area contributed by atoms with E-state index in [1.165, 1.54) is 76.8 Å². The number of benzene rings is 7. The Balaban J connectivity index is 1.30. The van der Waals surface area contributed by atoms with Gasteiger partial charge >= 0.3 is 0 Å². The third-order valence-corrected chi connectivity index (χ3v) is 8.96. The number of hydrogen-bond donors (Lipinski definition) is 0. The highest BCUT2D eigenvalue weighted by atomic mass is 14.7. The lowest BCUT2D eigenvalue weighted by atomic mass is 9.84. The van der Waals surface area contributed by atoms with Crippen molar-refractivity contribution in [1.82, 2.24) is 0 Å². The number of aliphatic imine (C=N–C) groups is 1. The van der Waals surface area contributed by atoms with Crippen molar-refractivity contribution in [3.63, 3.8) is 0 Å². The molecular formula is C42H31N. The van der Waals surface area contributed by atoms with E-state index in [0.717, 1.165) is 6.42 Å². The molecule has 8 rings (SSSR count). The normalized spacial score (nSPS) is 14.6. The molecular weight excluding hydrogens is 518 g/mol. The molecule has 1 nitrogen and oxygen atoms in total. The molecule has 0 spiro atoms. The Kier molecular flexibility index (Phi) is 6.23. The molecule has 1 aliphatic rings. The number of rotatable bonds is 4. The number of allylic oxidation sites excluding steroid dienone is 1. The average Bonchev–Trinajstić information content (AvgIpc) is 3.07. The highest BCUT2D eigenvalue weighted by Gasteiger charge is 2.18. The van der Waals surface area contributed by atoms with Crippen LogP contribution in [0.5, 0.6) is 0 Å². The van der Waals surface area contributed by atoms with E-state index in [4.69, 9.17) is 0 Å². The second-order valence-electron chi connectivity index (χ2n) is 11.6. The van der Waals surface area contributed by atoms with Gasteiger partial charge in [-0.25, -0.2) is 0 Å². The molecule has 0 radical (unpaired) electrons. The number of nitrogens with zero attached hydrogens (tertiary/aromatic N) is 1. The van der Waals surface area contributed by atoms with Crippen molar-refractivity contribution >= 4 is 38.5 Å². The van der Waals surface area contributed by atoms with Crippen LogP contribution in [0.3, 0.4) is 0 Å². The molecule has 0 aromatic heterocycles. The smallest absolute Gasteiger partial charge is 0.0228 e. The van der Waals surface area contributed by atoms with E-state index in [2.05, 4.69) is 158 Å². The van der Waals surface area contributed by atoms with E-state index in [0.29, 0.717) is 5.92 Å². The van der Waals surface area contributed by atoms with Crippen LogP contribution in [0, 0.1) is 6.92 Å². The van der Waals surface area contributed by atoms with E-state index in [-0.39, 0.29) is 0 Å². The summed E-state index contributed by atoms with van der Waals surface area (Å²) in [4.78, 5) is 4.38. The summed E-state index contributed by atoms with van der Waals surface area (Å²) in [5.74, 6) is 0.336. The monoisotopic (exact) mass is 549 g/mol. The summed E-state index contributed by atoms with van der Waals surface area (Å²) in [6.45, 7) is 2.24. The van der Waals surface area contributed by atoms with Crippen molar-refractivity contribution in [2.75, 3.05) is 0 Å². The standard InChI is InChI=1S/C42H31N/c1-28-24-33(21-22-36(28)32-13-8-12-31(25-32)35-14-9-23-43-27-35)41-37-15-4-6-17-39(37)42(40-18-7-5-16-38(40)41)34-20-19-29-10-2-3-11-30(29)26-34/h2-13,15-27,35H,14H2,1H3. The minimum atomic E-state index is 0.336. The first-order valence-corrected chi connectivity index (χ1v) is 15.1.